The second kappa shape index (κ2) is 15.6. The third-order valence-corrected chi connectivity index (χ3v) is 10.8. The van der Waals surface area contributed by atoms with E-state index in [9.17, 15) is 19.8 Å². The van der Waals surface area contributed by atoms with Gasteiger partial charge in [0.15, 0.2) is 26.1 Å². The predicted octanol–water partition coefficient (Wildman–Crippen LogP) is 3.00. The standard InChI is InChI=1S/C36H45N5O10/c37-33-30-13-27(18-42)28(19-43)14-31(30)38-35(39-33)41-7-5-40(6-8-41)32(44)12-23-1-3-29(4-2-23)50-51-49-22-47-20-46-21-48-34(45)36-15-24-9-25(16-36)11-26(10-24)17-36/h1-4,13-14,24-26,42-43H,5-12,15-22H2,(H2,37,38,39). The average Bonchev–Trinajstić information content (AvgIpc) is 3.13. The number of carbonyl (C=O) groups is 2. The molecule has 4 N–H and O–H groups in total. The lowest BCUT2D eigenvalue weighted by atomic mass is 9.49. The largest absolute Gasteiger partial charge is 0.438 e. The molecule has 3 aromatic rings. The van der Waals surface area contributed by atoms with Crippen LogP contribution < -0.4 is 15.5 Å². The summed E-state index contributed by atoms with van der Waals surface area (Å²) in [7, 11) is 0. The molecule has 1 aliphatic heterocycles. The highest BCUT2D eigenvalue weighted by Crippen LogP contribution is 2.60. The van der Waals surface area contributed by atoms with E-state index in [-0.39, 0.29) is 63.1 Å². The zero-order valence-electron chi connectivity index (χ0n) is 28.5. The molecule has 4 saturated carbocycles. The van der Waals surface area contributed by atoms with E-state index in [1.807, 2.05) is 4.90 Å². The number of hydrogen-bond acceptors (Lipinski definition) is 14. The first-order chi connectivity index (χ1) is 24.8. The van der Waals surface area contributed by atoms with E-state index in [2.05, 4.69) is 9.97 Å². The Morgan fingerprint density at radius 1 is 0.843 bits per heavy atom. The molecular formula is C36H45N5O10. The summed E-state index contributed by atoms with van der Waals surface area (Å²) in [5.41, 5.74) is 8.47. The number of aliphatic hydroxyl groups is 2. The third kappa shape index (κ3) is 8.03. The summed E-state index contributed by atoms with van der Waals surface area (Å²) < 4.78 is 15.9. The van der Waals surface area contributed by atoms with Gasteiger partial charge in [0, 0.05) is 31.6 Å². The lowest BCUT2D eigenvalue weighted by Crippen LogP contribution is -2.50. The minimum absolute atomic E-state index is 0.00662. The van der Waals surface area contributed by atoms with Gasteiger partial charge in [0.25, 0.3) is 0 Å². The van der Waals surface area contributed by atoms with Gasteiger partial charge < -0.3 is 44.8 Å². The van der Waals surface area contributed by atoms with Gasteiger partial charge in [-0.05, 0) is 102 Å². The number of aliphatic hydroxyl groups excluding tert-OH is 2. The quantitative estimate of drug-likeness (QED) is 0.0688. The molecule has 5 fully saturated rings. The number of hydrogen-bond donors (Lipinski definition) is 3. The zero-order valence-corrected chi connectivity index (χ0v) is 28.5. The van der Waals surface area contributed by atoms with Crippen molar-refractivity contribution in [2.45, 2.75) is 58.2 Å². The molecule has 0 atom stereocenters. The predicted molar refractivity (Wildman–Crippen MR) is 181 cm³/mol. The second-order valence-corrected chi connectivity index (χ2v) is 14.2. The molecule has 0 unspecified atom stereocenters. The minimum atomic E-state index is -0.314. The maximum Gasteiger partial charge on any atom is 0.314 e. The Hall–Kier alpha value is -4.12. The number of rotatable bonds is 15. The average molecular weight is 708 g/mol. The van der Waals surface area contributed by atoms with Gasteiger partial charge in [-0.25, -0.2) is 4.98 Å². The Morgan fingerprint density at radius 2 is 1.49 bits per heavy atom. The number of nitrogens with two attached hydrogens (primary N) is 1. The summed E-state index contributed by atoms with van der Waals surface area (Å²) in [6.45, 7) is 1.05. The monoisotopic (exact) mass is 707 g/mol. The number of amides is 1. The van der Waals surface area contributed by atoms with Gasteiger partial charge in [-0.15, -0.1) is 0 Å². The van der Waals surface area contributed by atoms with Crippen LogP contribution in [0.15, 0.2) is 36.4 Å². The highest BCUT2D eigenvalue weighted by atomic mass is 17.5. The Bertz CT molecular complexity index is 1660. The van der Waals surface area contributed by atoms with Crippen LogP contribution in [0.1, 0.15) is 55.2 Å². The summed E-state index contributed by atoms with van der Waals surface area (Å²) >= 11 is 0. The summed E-state index contributed by atoms with van der Waals surface area (Å²) in [5, 5.41) is 24.6. The molecule has 0 spiro atoms. The van der Waals surface area contributed by atoms with Gasteiger partial charge in [0.05, 0.1) is 30.6 Å². The van der Waals surface area contributed by atoms with Crippen LogP contribution in [0.2, 0.25) is 0 Å². The van der Waals surface area contributed by atoms with Crippen molar-refractivity contribution < 1.29 is 48.8 Å². The first kappa shape index (κ1) is 35.3. The van der Waals surface area contributed by atoms with E-state index in [1.54, 1.807) is 41.3 Å². The van der Waals surface area contributed by atoms with E-state index in [4.69, 9.17) is 34.8 Å². The highest BCUT2D eigenvalue weighted by Gasteiger charge is 2.55. The molecule has 51 heavy (non-hydrogen) atoms. The van der Waals surface area contributed by atoms with Crippen LogP contribution in [0.25, 0.3) is 10.9 Å². The number of carbonyl (C=O) groups excluding carboxylic acids is 2. The maximum absolute atomic E-state index is 13.0. The Morgan fingerprint density at radius 3 is 2.16 bits per heavy atom. The molecule has 2 heterocycles. The Labute approximate surface area is 295 Å². The number of aromatic nitrogens is 2. The first-order valence-corrected chi connectivity index (χ1v) is 17.5. The SMILES string of the molecule is Nc1nc(N2CCN(C(=O)Cc3ccc(OOOCOCOCOC(=O)C45CC6CC(CC(C6)C4)C5)cc3)CC2)nc2cc(CO)c(CO)cc12. The van der Waals surface area contributed by atoms with Crippen molar-refractivity contribution in [2.75, 3.05) is 57.2 Å². The summed E-state index contributed by atoms with van der Waals surface area (Å²) in [6.07, 6.45) is 6.86. The fraction of sp³-hybridized carbons (Fsp3) is 0.556. The molecule has 4 aliphatic carbocycles. The number of nitrogens with zero attached hydrogens (tertiary/aromatic N) is 4. The smallest absolute Gasteiger partial charge is 0.314 e. The molecule has 15 heteroatoms. The molecule has 1 saturated heterocycles. The molecule has 0 radical (unpaired) electrons. The van der Waals surface area contributed by atoms with Crippen molar-refractivity contribution in [2.24, 2.45) is 23.2 Å². The molecule has 1 amide bonds. The molecule has 4 bridgehead atoms. The fourth-order valence-corrected chi connectivity index (χ4v) is 8.67. The van der Waals surface area contributed by atoms with Gasteiger partial charge >= 0.3 is 5.97 Å². The number of nitrogen functional groups attached to an aromatic ring is 1. The molecule has 1 aromatic heterocycles. The van der Waals surface area contributed by atoms with Crippen molar-refractivity contribution >= 4 is 34.5 Å². The van der Waals surface area contributed by atoms with Crippen molar-refractivity contribution in [1.29, 1.82) is 0 Å². The van der Waals surface area contributed by atoms with Crippen molar-refractivity contribution in [3.05, 3.63) is 53.1 Å². The summed E-state index contributed by atoms with van der Waals surface area (Å²) in [4.78, 5) is 48.7. The van der Waals surface area contributed by atoms with Crippen LogP contribution in [-0.4, -0.2) is 83.5 Å². The normalized spacial score (nSPS) is 23.9. The van der Waals surface area contributed by atoms with Crippen molar-refractivity contribution in [1.82, 2.24) is 14.9 Å². The molecule has 8 rings (SSSR count). The minimum Gasteiger partial charge on any atom is -0.438 e. The van der Waals surface area contributed by atoms with Gasteiger partial charge in [-0.2, -0.15) is 9.87 Å². The number of piperazine rings is 1. The van der Waals surface area contributed by atoms with Gasteiger partial charge in [-0.3, -0.25) is 9.59 Å². The van der Waals surface area contributed by atoms with Crippen molar-refractivity contribution in [3.63, 3.8) is 0 Å². The highest BCUT2D eigenvalue weighted by molar-refractivity contribution is 5.90. The zero-order chi connectivity index (χ0) is 35.4. The number of fused-ring (bicyclic) bond motifs is 1. The maximum atomic E-state index is 13.0. The number of anilines is 2. The Kier molecular flexibility index (Phi) is 10.8. The molecule has 2 aromatic carbocycles. The topological polar surface area (TPSA) is 188 Å². The Balaban J connectivity index is 0.767. The van der Waals surface area contributed by atoms with Crippen LogP contribution in [-0.2, 0) is 53.4 Å². The van der Waals surface area contributed by atoms with E-state index < -0.39 is 0 Å². The van der Waals surface area contributed by atoms with E-state index in [1.165, 1.54) is 19.3 Å². The van der Waals surface area contributed by atoms with Crippen LogP contribution >= 0.6 is 0 Å². The lowest BCUT2D eigenvalue weighted by molar-refractivity contribution is -0.487. The fourth-order valence-electron chi connectivity index (χ4n) is 8.67. The third-order valence-electron chi connectivity index (χ3n) is 10.8. The van der Waals surface area contributed by atoms with Crippen LogP contribution in [0.4, 0.5) is 11.8 Å². The van der Waals surface area contributed by atoms with Gasteiger partial charge in [0.1, 0.15) is 5.82 Å². The van der Waals surface area contributed by atoms with Crippen molar-refractivity contribution in [3.8, 4) is 5.75 Å². The van der Waals surface area contributed by atoms with E-state index in [0.717, 1.165) is 24.8 Å². The van der Waals surface area contributed by atoms with Gasteiger partial charge in [-0.1, -0.05) is 12.1 Å². The molecular weight excluding hydrogens is 662 g/mol. The number of benzene rings is 2. The lowest BCUT2D eigenvalue weighted by Gasteiger charge is -2.55. The molecule has 5 aliphatic rings. The summed E-state index contributed by atoms with van der Waals surface area (Å²) in [5.74, 6) is 2.98. The number of ether oxygens (including phenoxy) is 3. The van der Waals surface area contributed by atoms with Crippen LogP contribution in [0.5, 0.6) is 5.75 Å². The van der Waals surface area contributed by atoms with E-state index >= 15 is 0 Å². The summed E-state index contributed by atoms with van der Waals surface area (Å²) in [6, 6.07) is 10.3. The molecule has 274 valence electrons. The van der Waals surface area contributed by atoms with E-state index in [0.29, 0.717) is 77.7 Å². The second-order valence-electron chi connectivity index (χ2n) is 14.2. The van der Waals surface area contributed by atoms with Crippen LogP contribution in [0, 0.1) is 23.2 Å². The first-order valence-electron chi connectivity index (χ1n) is 17.5. The number of esters is 1. The van der Waals surface area contributed by atoms with Gasteiger partial charge in [0.2, 0.25) is 11.9 Å². The molecule has 15 nitrogen and oxygen atoms in total. The van der Waals surface area contributed by atoms with Crippen LogP contribution in [0.3, 0.4) is 0 Å².